The van der Waals surface area contributed by atoms with Gasteiger partial charge in [0.15, 0.2) is 5.67 Å². The lowest BCUT2D eigenvalue weighted by atomic mass is 9.77. The fraction of sp³-hybridized carbons (Fsp3) is 0.500. The number of nitrogens with one attached hydrogen (secondary N) is 1. The van der Waals surface area contributed by atoms with Crippen LogP contribution in [0, 0.1) is 5.82 Å². The van der Waals surface area contributed by atoms with Gasteiger partial charge in [0, 0.05) is 11.3 Å². The molecule has 0 spiro atoms. The number of piperidine rings is 1. The maximum absolute atomic E-state index is 14.4. The van der Waals surface area contributed by atoms with Crippen molar-refractivity contribution in [3.63, 3.8) is 0 Å². The molecular weight excluding hydrogens is 285 g/mol. The highest BCUT2D eigenvalue weighted by atomic mass is 32.1. The number of nitrogen functional groups attached to an aromatic ring is 1. The molecule has 20 heavy (non-hydrogen) atoms. The second-order valence-electron chi connectivity index (χ2n) is 5.23. The summed E-state index contributed by atoms with van der Waals surface area (Å²) in [5, 5.41) is 2.69. The smallest absolute Gasteiger partial charge is 0.160 e. The topological polar surface area (TPSA) is 38.0 Å². The second-order valence-corrected chi connectivity index (χ2v) is 5.64. The molecule has 1 aliphatic heterocycles. The first kappa shape index (κ1) is 15.1. The minimum Gasteiger partial charge on any atom is -0.399 e. The molecule has 6 heteroatoms. The fourth-order valence-electron chi connectivity index (χ4n) is 2.54. The molecule has 1 aromatic rings. The third-order valence-corrected chi connectivity index (χ3v) is 4.47. The number of anilines is 1. The summed E-state index contributed by atoms with van der Waals surface area (Å²) in [6, 6.07) is 3.96. The summed E-state index contributed by atoms with van der Waals surface area (Å²) in [5.74, 6) is -0.574. The average Bonchev–Trinajstić information content (AvgIpc) is 2.45. The number of rotatable bonds is 3. The van der Waals surface area contributed by atoms with Crippen LogP contribution in [0.5, 0.6) is 0 Å². The summed E-state index contributed by atoms with van der Waals surface area (Å²) in [7, 11) is 0. The number of hydrogen-bond donors (Lipinski definition) is 2. The third kappa shape index (κ3) is 2.37. The van der Waals surface area contributed by atoms with E-state index in [9.17, 15) is 13.2 Å². The van der Waals surface area contributed by atoms with Gasteiger partial charge in [-0.15, -0.1) is 0 Å². The number of alkyl halides is 2. The molecule has 1 fully saturated rings. The van der Waals surface area contributed by atoms with Gasteiger partial charge in [-0.3, -0.25) is 0 Å². The number of hydrogen-bond acceptors (Lipinski definition) is 2. The van der Waals surface area contributed by atoms with Crippen molar-refractivity contribution in [3.8, 4) is 0 Å². The van der Waals surface area contributed by atoms with Crippen molar-refractivity contribution in [2.45, 2.75) is 37.4 Å². The van der Waals surface area contributed by atoms with E-state index in [0.717, 1.165) is 0 Å². The largest absolute Gasteiger partial charge is 0.399 e. The van der Waals surface area contributed by atoms with E-state index in [1.807, 2.05) is 0 Å². The lowest BCUT2D eigenvalue weighted by molar-refractivity contribution is 0.142. The molecule has 2 atom stereocenters. The summed E-state index contributed by atoms with van der Waals surface area (Å²) in [5.41, 5.74) is 3.08. The Morgan fingerprint density at radius 1 is 1.40 bits per heavy atom. The number of halogens is 3. The Morgan fingerprint density at radius 2 is 2.10 bits per heavy atom. The van der Waals surface area contributed by atoms with Crippen LogP contribution in [0.4, 0.5) is 18.9 Å². The summed E-state index contributed by atoms with van der Waals surface area (Å²) in [6.45, 7) is 0.796. The van der Waals surface area contributed by atoms with E-state index in [2.05, 4.69) is 5.32 Å². The quantitative estimate of drug-likeness (QED) is 0.664. The summed E-state index contributed by atoms with van der Waals surface area (Å²) in [6.07, 6.45) is 0.391. The predicted molar refractivity (Wildman–Crippen MR) is 77.6 cm³/mol. The highest BCUT2D eigenvalue weighted by molar-refractivity contribution is 7.80. The van der Waals surface area contributed by atoms with Crippen LogP contribution in [0.3, 0.4) is 0 Å². The Labute approximate surface area is 121 Å². The molecule has 1 saturated heterocycles. The summed E-state index contributed by atoms with van der Waals surface area (Å²) in [4.78, 5) is -0.0641. The molecule has 0 bridgehead atoms. The molecule has 0 amide bonds. The Kier molecular flexibility index (Phi) is 3.95. The van der Waals surface area contributed by atoms with Crippen LogP contribution in [-0.4, -0.2) is 17.3 Å². The molecule has 0 unspecified atom stereocenters. The molecule has 0 saturated carbocycles. The summed E-state index contributed by atoms with van der Waals surface area (Å²) < 4.78 is 42.0. The number of thiocarbonyl (C=S) groups is 1. The Balaban J connectivity index is 2.42. The van der Waals surface area contributed by atoms with Gasteiger partial charge in [0.2, 0.25) is 0 Å². The number of nitrogens with two attached hydrogens (primary N) is 1. The Bertz CT molecular complexity index is 537. The van der Waals surface area contributed by atoms with Crippen LogP contribution in [-0.2, 0) is 5.54 Å². The zero-order valence-electron chi connectivity index (χ0n) is 11.2. The van der Waals surface area contributed by atoms with Crippen LogP contribution in [0.1, 0.15) is 31.7 Å². The third-order valence-electron chi connectivity index (χ3n) is 4.00. The van der Waals surface area contributed by atoms with E-state index in [0.29, 0.717) is 5.69 Å². The lowest BCUT2D eigenvalue weighted by Crippen LogP contribution is -2.59. The second kappa shape index (κ2) is 5.24. The first-order valence-electron chi connectivity index (χ1n) is 6.50. The van der Waals surface area contributed by atoms with E-state index in [1.165, 1.54) is 18.2 Å². The van der Waals surface area contributed by atoms with Crippen LogP contribution in [0.15, 0.2) is 18.2 Å². The van der Waals surface area contributed by atoms with E-state index in [-0.39, 0.29) is 29.8 Å². The molecule has 3 N–H and O–H groups in total. The molecule has 2 rings (SSSR count). The van der Waals surface area contributed by atoms with Gasteiger partial charge in [-0.1, -0.05) is 19.1 Å². The molecular formula is C14H17F3N2S. The minimum absolute atomic E-state index is 0.0630. The van der Waals surface area contributed by atoms with Gasteiger partial charge in [0.1, 0.15) is 17.5 Å². The minimum atomic E-state index is -1.65. The lowest BCUT2D eigenvalue weighted by Gasteiger charge is -2.43. The first-order chi connectivity index (χ1) is 9.37. The molecule has 0 aliphatic carbocycles. The maximum atomic E-state index is 14.4. The van der Waals surface area contributed by atoms with Gasteiger partial charge in [-0.2, -0.15) is 0 Å². The van der Waals surface area contributed by atoms with Crippen molar-refractivity contribution in [1.82, 2.24) is 5.32 Å². The van der Waals surface area contributed by atoms with Crippen molar-refractivity contribution in [2.24, 2.45) is 0 Å². The first-order valence-corrected chi connectivity index (χ1v) is 6.91. The van der Waals surface area contributed by atoms with Gasteiger partial charge in [-0.05, 0) is 37.5 Å². The predicted octanol–water partition coefficient (Wildman–Crippen LogP) is 3.40. The van der Waals surface area contributed by atoms with Crippen molar-refractivity contribution < 1.29 is 13.2 Å². The molecule has 110 valence electrons. The molecule has 1 aromatic carbocycles. The van der Waals surface area contributed by atoms with E-state index < -0.39 is 23.7 Å². The highest BCUT2D eigenvalue weighted by Gasteiger charge is 2.47. The fourth-order valence-corrected chi connectivity index (χ4v) is 2.98. The molecule has 1 aliphatic rings. The van der Waals surface area contributed by atoms with Gasteiger partial charge >= 0.3 is 0 Å². The van der Waals surface area contributed by atoms with Crippen molar-refractivity contribution in [3.05, 3.63) is 29.6 Å². The van der Waals surface area contributed by atoms with E-state index >= 15 is 0 Å². The van der Waals surface area contributed by atoms with E-state index in [1.54, 1.807) is 6.92 Å². The standard InChI is InChI=1S/C14H17F3N2S/c1-2-13(17)5-6-14(8-15,19-12(13)20)10-7-9(18)3-4-11(10)16/h3-4,7H,2,5-6,8,18H2,1H3,(H,19,20)/t13-,14+/m0/s1. The van der Waals surface area contributed by atoms with Gasteiger partial charge in [0.05, 0.1) is 5.54 Å². The van der Waals surface area contributed by atoms with Gasteiger partial charge in [-0.25, -0.2) is 13.2 Å². The van der Waals surface area contributed by atoms with Gasteiger partial charge < -0.3 is 11.1 Å². The molecule has 1 heterocycles. The summed E-state index contributed by atoms with van der Waals surface area (Å²) >= 11 is 5.02. The van der Waals surface area contributed by atoms with Gasteiger partial charge in [0.25, 0.3) is 0 Å². The van der Waals surface area contributed by atoms with Crippen molar-refractivity contribution in [2.75, 3.05) is 12.4 Å². The molecule has 0 aromatic heterocycles. The Morgan fingerprint density at radius 3 is 2.65 bits per heavy atom. The molecule has 0 radical (unpaired) electrons. The zero-order chi connectivity index (χ0) is 15.0. The van der Waals surface area contributed by atoms with Crippen LogP contribution < -0.4 is 11.1 Å². The zero-order valence-corrected chi connectivity index (χ0v) is 12.0. The molecule has 2 nitrogen and oxygen atoms in total. The Hall–Kier alpha value is -1.30. The van der Waals surface area contributed by atoms with Crippen LogP contribution >= 0.6 is 12.2 Å². The normalized spacial score (nSPS) is 30.1. The van der Waals surface area contributed by atoms with Crippen LogP contribution in [0.2, 0.25) is 0 Å². The monoisotopic (exact) mass is 302 g/mol. The van der Waals surface area contributed by atoms with E-state index in [4.69, 9.17) is 18.0 Å². The average molecular weight is 302 g/mol. The van der Waals surface area contributed by atoms with Crippen molar-refractivity contribution in [1.29, 1.82) is 0 Å². The number of benzene rings is 1. The van der Waals surface area contributed by atoms with Crippen LogP contribution in [0.25, 0.3) is 0 Å². The maximum Gasteiger partial charge on any atom is 0.160 e. The van der Waals surface area contributed by atoms with Crippen molar-refractivity contribution >= 4 is 22.9 Å². The highest BCUT2D eigenvalue weighted by Crippen LogP contribution is 2.40. The SMILES string of the molecule is CC[C@]1(F)CC[C@@](CF)(c2cc(N)ccc2F)NC1=S.